The Hall–Kier alpha value is -2.21. The SMILES string of the molecule is Cc1cc(C(=O)Nc2sc(C)cc2C(=O)O)ccn1. The van der Waals surface area contributed by atoms with E-state index in [1.54, 1.807) is 38.2 Å². The quantitative estimate of drug-likeness (QED) is 0.903. The van der Waals surface area contributed by atoms with Crippen LogP contribution in [0.2, 0.25) is 0 Å². The van der Waals surface area contributed by atoms with Crippen LogP contribution in [0.5, 0.6) is 0 Å². The Morgan fingerprint density at radius 1 is 1.32 bits per heavy atom. The number of rotatable bonds is 3. The monoisotopic (exact) mass is 276 g/mol. The summed E-state index contributed by atoms with van der Waals surface area (Å²) >= 11 is 1.24. The first kappa shape index (κ1) is 13.2. The maximum atomic E-state index is 12.0. The molecule has 98 valence electrons. The highest BCUT2D eigenvalue weighted by atomic mass is 32.1. The zero-order valence-corrected chi connectivity index (χ0v) is 11.2. The number of carbonyl (C=O) groups is 2. The number of thiophene rings is 1. The van der Waals surface area contributed by atoms with Crippen molar-refractivity contribution in [3.8, 4) is 0 Å². The van der Waals surface area contributed by atoms with Crippen LogP contribution in [-0.4, -0.2) is 22.0 Å². The zero-order chi connectivity index (χ0) is 14.0. The topological polar surface area (TPSA) is 79.3 Å². The molecule has 6 heteroatoms. The van der Waals surface area contributed by atoms with Gasteiger partial charge in [-0.2, -0.15) is 0 Å². The summed E-state index contributed by atoms with van der Waals surface area (Å²) < 4.78 is 0. The van der Waals surface area contributed by atoms with E-state index < -0.39 is 5.97 Å². The maximum absolute atomic E-state index is 12.0. The standard InChI is InChI=1S/C13H12N2O3S/c1-7-5-9(3-4-14-7)11(16)15-12-10(13(17)18)6-8(2)19-12/h3-6H,1-2H3,(H,15,16)(H,17,18). The molecule has 0 aliphatic carbocycles. The Morgan fingerprint density at radius 3 is 2.68 bits per heavy atom. The molecule has 0 spiro atoms. The number of carboxylic acid groups (broad SMARTS) is 1. The summed E-state index contributed by atoms with van der Waals surface area (Å²) in [6, 6.07) is 4.78. The van der Waals surface area contributed by atoms with Gasteiger partial charge in [0.2, 0.25) is 0 Å². The van der Waals surface area contributed by atoms with E-state index >= 15 is 0 Å². The van der Waals surface area contributed by atoms with Crippen molar-refractivity contribution in [2.45, 2.75) is 13.8 Å². The van der Waals surface area contributed by atoms with Crippen LogP contribution in [0, 0.1) is 13.8 Å². The first-order valence-corrected chi connectivity index (χ1v) is 6.37. The highest BCUT2D eigenvalue weighted by Crippen LogP contribution is 2.28. The Kier molecular flexibility index (Phi) is 3.62. The zero-order valence-electron chi connectivity index (χ0n) is 10.4. The minimum atomic E-state index is -1.05. The highest BCUT2D eigenvalue weighted by Gasteiger charge is 2.16. The van der Waals surface area contributed by atoms with Crippen molar-refractivity contribution >= 4 is 28.2 Å². The molecule has 0 aliphatic heterocycles. The van der Waals surface area contributed by atoms with E-state index in [2.05, 4.69) is 10.3 Å². The smallest absolute Gasteiger partial charge is 0.338 e. The van der Waals surface area contributed by atoms with Crippen molar-refractivity contribution in [1.82, 2.24) is 4.98 Å². The van der Waals surface area contributed by atoms with Gasteiger partial charge in [-0.05, 0) is 32.0 Å². The number of nitrogens with zero attached hydrogens (tertiary/aromatic N) is 1. The molecule has 0 aliphatic rings. The molecule has 0 bridgehead atoms. The van der Waals surface area contributed by atoms with E-state index in [4.69, 9.17) is 5.11 Å². The predicted molar refractivity (Wildman–Crippen MR) is 72.9 cm³/mol. The largest absolute Gasteiger partial charge is 0.478 e. The van der Waals surface area contributed by atoms with E-state index in [1.807, 2.05) is 0 Å². The average Bonchev–Trinajstić information content (AvgIpc) is 2.70. The van der Waals surface area contributed by atoms with Crippen molar-refractivity contribution in [2.24, 2.45) is 0 Å². The molecule has 0 atom stereocenters. The van der Waals surface area contributed by atoms with Gasteiger partial charge in [-0.3, -0.25) is 9.78 Å². The van der Waals surface area contributed by atoms with E-state index in [1.165, 1.54) is 11.3 Å². The van der Waals surface area contributed by atoms with Crippen LogP contribution in [0.1, 0.15) is 31.3 Å². The molecule has 2 aromatic rings. The van der Waals surface area contributed by atoms with Crippen LogP contribution in [0.4, 0.5) is 5.00 Å². The van der Waals surface area contributed by atoms with E-state index in [-0.39, 0.29) is 11.5 Å². The molecule has 19 heavy (non-hydrogen) atoms. The van der Waals surface area contributed by atoms with Gasteiger partial charge in [0.05, 0.1) is 5.56 Å². The Labute approximate surface area is 113 Å². The fourth-order valence-electron chi connectivity index (χ4n) is 1.63. The number of aromatic carboxylic acids is 1. The third-order valence-electron chi connectivity index (χ3n) is 2.47. The molecule has 5 nitrogen and oxygen atoms in total. The number of carbonyl (C=O) groups excluding carboxylic acids is 1. The molecule has 0 unspecified atom stereocenters. The lowest BCUT2D eigenvalue weighted by atomic mass is 10.2. The molecule has 2 N–H and O–H groups in total. The normalized spacial score (nSPS) is 10.2. The third-order valence-corrected chi connectivity index (χ3v) is 3.44. The molecule has 0 radical (unpaired) electrons. The van der Waals surface area contributed by atoms with E-state index in [0.717, 1.165) is 10.6 Å². The molecule has 2 heterocycles. The highest BCUT2D eigenvalue weighted by molar-refractivity contribution is 7.16. The van der Waals surface area contributed by atoms with E-state index in [0.29, 0.717) is 10.6 Å². The number of pyridine rings is 1. The van der Waals surface area contributed by atoms with Crippen molar-refractivity contribution in [3.05, 3.63) is 46.1 Å². The van der Waals surface area contributed by atoms with Gasteiger partial charge in [0.15, 0.2) is 0 Å². The van der Waals surface area contributed by atoms with Crippen LogP contribution in [0.25, 0.3) is 0 Å². The first-order valence-electron chi connectivity index (χ1n) is 5.55. The van der Waals surface area contributed by atoms with Crippen LogP contribution in [0.15, 0.2) is 24.4 Å². The van der Waals surface area contributed by atoms with Gasteiger partial charge in [0, 0.05) is 22.3 Å². The van der Waals surface area contributed by atoms with Crippen molar-refractivity contribution in [3.63, 3.8) is 0 Å². The number of amides is 1. The number of aryl methyl sites for hydroxylation is 2. The minimum Gasteiger partial charge on any atom is -0.478 e. The van der Waals surface area contributed by atoms with Gasteiger partial charge >= 0.3 is 5.97 Å². The molecule has 2 aromatic heterocycles. The summed E-state index contributed by atoms with van der Waals surface area (Å²) in [5.41, 5.74) is 1.30. The number of anilines is 1. The van der Waals surface area contributed by atoms with Crippen LogP contribution in [0.3, 0.4) is 0 Å². The molecule has 0 saturated heterocycles. The maximum Gasteiger partial charge on any atom is 0.338 e. The first-order chi connectivity index (χ1) is 8.97. The number of nitrogens with one attached hydrogen (secondary N) is 1. The molecule has 0 aromatic carbocycles. The average molecular weight is 276 g/mol. The second-order valence-electron chi connectivity index (χ2n) is 4.05. The molecule has 0 saturated carbocycles. The lowest BCUT2D eigenvalue weighted by Gasteiger charge is -2.04. The Balaban J connectivity index is 2.26. The van der Waals surface area contributed by atoms with E-state index in [9.17, 15) is 9.59 Å². The predicted octanol–water partition coefficient (Wildman–Crippen LogP) is 2.71. The number of hydrogen-bond acceptors (Lipinski definition) is 4. The van der Waals surface area contributed by atoms with Gasteiger partial charge in [-0.1, -0.05) is 0 Å². The molecule has 1 amide bonds. The number of aromatic nitrogens is 1. The fourth-order valence-corrected chi connectivity index (χ4v) is 2.53. The molecular weight excluding hydrogens is 264 g/mol. The Morgan fingerprint density at radius 2 is 2.05 bits per heavy atom. The van der Waals surface area contributed by atoms with Crippen LogP contribution < -0.4 is 5.32 Å². The summed E-state index contributed by atoms with van der Waals surface area (Å²) in [7, 11) is 0. The minimum absolute atomic E-state index is 0.113. The molecular formula is C13H12N2O3S. The number of carboxylic acids is 1. The van der Waals surface area contributed by atoms with Gasteiger partial charge in [0.25, 0.3) is 5.91 Å². The lowest BCUT2D eigenvalue weighted by molar-refractivity contribution is 0.0698. The van der Waals surface area contributed by atoms with Crippen LogP contribution in [-0.2, 0) is 0 Å². The van der Waals surface area contributed by atoms with Crippen molar-refractivity contribution < 1.29 is 14.7 Å². The van der Waals surface area contributed by atoms with Gasteiger partial charge in [-0.15, -0.1) is 11.3 Å². The second-order valence-corrected chi connectivity index (χ2v) is 5.30. The van der Waals surface area contributed by atoms with Gasteiger partial charge < -0.3 is 10.4 Å². The Bertz CT molecular complexity index is 649. The van der Waals surface area contributed by atoms with Gasteiger partial charge in [0.1, 0.15) is 5.00 Å². The van der Waals surface area contributed by atoms with Crippen molar-refractivity contribution in [2.75, 3.05) is 5.32 Å². The van der Waals surface area contributed by atoms with Gasteiger partial charge in [-0.25, -0.2) is 4.79 Å². The summed E-state index contributed by atoms with van der Waals surface area (Å²) in [5.74, 6) is -1.39. The summed E-state index contributed by atoms with van der Waals surface area (Å²) in [6.45, 7) is 3.58. The lowest BCUT2D eigenvalue weighted by Crippen LogP contribution is -2.13. The third kappa shape index (κ3) is 2.97. The summed E-state index contributed by atoms with van der Waals surface area (Å²) in [4.78, 5) is 27.9. The molecule has 0 fully saturated rings. The summed E-state index contributed by atoms with van der Waals surface area (Å²) in [6.07, 6.45) is 1.54. The molecule has 2 rings (SSSR count). The van der Waals surface area contributed by atoms with Crippen molar-refractivity contribution in [1.29, 1.82) is 0 Å². The second kappa shape index (κ2) is 5.19. The fraction of sp³-hybridized carbons (Fsp3) is 0.154. The van der Waals surface area contributed by atoms with Crippen LogP contribution >= 0.6 is 11.3 Å². The number of hydrogen-bond donors (Lipinski definition) is 2. The summed E-state index contributed by atoms with van der Waals surface area (Å²) in [5, 5.41) is 12.0.